The Kier molecular flexibility index (Phi) is 5.08. The lowest BCUT2D eigenvalue weighted by Crippen LogP contribution is -2.38. The first-order chi connectivity index (χ1) is 11.8. The molecule has 0 aromatic heterocycles. The Hall–Kier alpha value is -1.96. The van der Waals surface area contributed by atoms with Crippen LogP contribution in [0.15, 0.2) is 47.4 Å². The molecule has 1 N–H and O–H groups in total. The first-order valence-corrected chi connectivity index (χ1v) is 9.35. The summed E-state index contributed by atoms with van der Waals surface area (Å²) < 4.78 is 48.1. The molecule has 3 rings (SSSR count). The van der Waals surface area contributed by atoms with E-state index in [9.17, 15) is 17.9 Å². The van der Waals surface area contributed by atoms with Crippen molar-refractivity contribution in [3.05, 3.63) is 59.4 Å². The van der Waals surface area contributed by atoms with Gasteiger partial charge >= 0.3 is 0 Å². The van der Waals surface area contributed by atoms with E-state index in [1.165, 1.54) is 30.3 Å². The van der Waals surface area contributed by atoms with Gasteiger partial charge in [0.05, 0.1) is 11.5 Å². The molecule has 7 heteroatoms. The SMILES string of the molecule is Cc1ccc(S(=O)(=O)OC[C@H](O)[C@@H]2CCc3cc(F)ccc3O2)cc1. The molecule has 0 spiro atoms. The van der Waals surface area contributed by atoms with Crippen LogP contribution in [0.1, 0.15) is 17.5 Å². The molecule has 0 amide bonds. The van der Waals surface area contributed by atoms with Crippen molar-refractivity contribution < 1.29 is 26.8 Å². The van der Waals surface area contributed by atoms with Gasteiger partial charge in [-0.1, -0.05) is 17.7 Å². The number of halogens is 1. The highest BCUT2D eigenvalue weighted by atomic mass is 32.2. The molecule has 1 aliphatic heterocycles. The molecule has 2 aromatic rings. The van der Waals surface area contributed by atoms with Crippen LogP contribution in [0, 0.1) is 12.7 Å². The molecule has 2 aromatic carbocycles. The lowest BCUT2D eigenvalue weighted by atomic mass is 9.99. The van der Waals surface area contributed by atoms with Crippen molar-refractivity contribution in [3.8, 4) is 5.75 Å². The Labute approximate surface area is 146 Å². The summed E-state index contributed by atoms with van der Waals surface area (Å²) in [5, 5.41) is 10.2. The van der Waals surface area contributed by atoms with Gasteiger partial charge in [-0.3, -0.25) is 4.18 Å². The summed E-state index contributed by atoms with van der Waals surface area (Å²) in [7, 11) is -3.94. The minimum atomic E-state index is -3.94. The summed E-state index contributed by atoms with van der Waals surface area (Å²) >= 11 is 0. The van der Waals surface area contributed by atoms with Crippen LogP contribution in [0.3, 0.4) is 0 Å². The van der Waals surface area contributed by atoms with Gasteiger partial charge in [0.2, 0.25) is 0 Å². The van der Waals surface area contributed by atoms with Crippen molar-refractivity contribution in [1.29, 1.82) is 0 Å². The molecule has 0 radical (unpaired) electrons. The monoisotopic (exact) mass is 366 g/mol. The standard InChI is InChI=1S/C18H19FO5S/c1-12-2-6-15(7-3-12)25(21,22)23-11-16(20)18-8-4-13-10-14(19)5-9-17(13)24-18/h2-3,5-7,9-10,16,18,20H,4,8,11H2,1H3/t16-,18-/m0/s1. The van der Waals surface area contributed by atoms with E-state index in [0.717, 1.165) is 11.1 Å². The fourth-order valence-electron chi connectivity index (χ4n) is 2.69. The number of hydrogen-bond donors (Lipinski definition) is 1. The number of fused-ring (bicyclic) bond motifs is 1. The molecular formula is C18H19FO5S. The van der Waals surface area contributed by atoms with E-state index >= 15 is 0 Å². The van der Waals surface area contributed by atoms with Gasteiger partial charge in [-0.05, 0) is 55.7 Å². The van der Waals surface area contributed by atoms with Gasteiger partial charge in [0, 0.05) is 0 Å². The maximum atomic E-state index is 13.2. The number of benzene rings is 2. The second-order valence-electron chi connectivity index (χ2n) is 6.07. The van der Waals surface area contributed by atoms with Crippen LogP contribution in [0.2, 0.25) is 0 Å². The number of aliphatic hydroxyl groups is 1. The van der Waals surface area contributed by atoms with Crippen molar-refractivity contribution in [2.45, 2.75) is 36.9 Å². The van der Waals surface area contributed by atoms with Crippen LogP contribution in [0.5, 0.6) is 5.75 Å². The molecule has 0 saturated heterocycles. The number of aliphatic hydroxyl groups excluding tert-OH is 1. The third kappa shape index (κ3) is 4.18. The predicted octanol–water partition coefficient (Wildman–Crippen LogP) is 2.59. The Bertz CT molecular complexity index is 848. The molecule has 0 aliphatic carbocycles. The predicted molar refractivity (Wildman–Crippen MR) is 89.5 cm³/mol. The van der Waals surface area contributed by atoms with E-state index in [-0.39, 0.29) is 10.7 Å². The number of rotatable bonds is 5. The van der Waals surface area contributed by atoms with E-state index in [1.807, 2.05) is 6.92 Å². The normalized spacial score (nSPS) is 18.3. The van der Waals surface area contributed by atoms with Crippen molar-refractivity contribution in [3.63, 3.8) is 0 Å². The van der Waals surface area contributed by atoms with E-state index < -0.39 is 28.9 Å². The van der Waals surface area contributed by atoms with Crippen LogP contribution in [-0.4, -0.2) is 32.3 Å². The summed E-state index contributed by atoms with van der Waals surface area (Å²) in [6.07, 6.45) is -0.727. The highest BCUT2D eigenvalue weighted by Crippen LogP contribution is 2.29. The van der Waals surface area contributed by atoms with Gasteiger partial charge in [0.25, 0.3) is 10.1 Å². The summed E-state index contributed by atoms with van der Waals surface area (Å²) in [4.78, 5) is 0.0377. The maximum absolute atomic E-state index is 13.2. The molecule has 0 fully saturated rings. The number of ether oxygens (including phenoxy) is 1. The van der Waals surface area contributed by atoms with Gasteiger partial charge in [0.15, 0.2) is 0 Å². The Morgan fingerprint density at radius 3 is 2.72 bits per heavy atom. The van der Waals surface area contributed by atoms with E-state index in [1.54, 1.807) is 12.1 Å². The zero-order chi connectivity index (χ0) is 18.0. The lowest BCUT2D eigenvalue weighted by Gasteiger charge is -2.29. The first-order valence-electron chi connectivity index (χ1n) is 7.94. The average molecular weight is 366 g/mol. The van der Waals surface area contributed by atoms with E-state index in [2.05, 4.69) is 0 Å². The third-order valence-electron chi connectivity index (χ3n) is 4.13. The van der Waals surface area contributed by atoms with Gasteiger partial charge in [-0.25, -0.2) is 4.39 Å². The molecule has 5 nitrogen and oxygen atoms in total. The first kappa shape index (κ1) is 17.8. The Balaban J connectivity index is 1.62. The van der Waals surface area contributed by atoms with Crippen LogP contribution in [0.4, 0.5) is 4.39 Å². The van der Waals surface area contributed by atoms with E-state index in [0.29, 0.717) is 18.6 Å². The van der Waals surface area contributed by atoms with Crippen LogP contribution < -0.4 is 4.74 Å². The van der Waals surface area contributed by atoms with Crippen molar-refractivity contribution in [2.75, 3.05) is 6.61 Å². The van der Waals surface area contributed by atoms with Crippen LogP contribution in [0.25, 0.3) is 0 Å². The van der Waals surface area contributed by atoms with Crippen LogP contribution in [-0.2, 0) is 20.7 Å². The highest BCUT2D eigenvalue weighted by molar-refractivity contribution is 7.86. The van der Waals surface area contributed by atoms with Gasteiger partial charge in [-0.15, -0.1) is 0 Å². The highest BCUT2D eigenvalue weighted by Gasteiger charge is 2.28. The Morgan fingerprint density at radius 1 is 1.28 bits per heavy atom. The van der Waals surface area contributed by atoms with Gasteiger partial charge < -0.3 is 9.84 Å². The van der Waals surface area contributed by atoms with Gasteiger partial charge in [-0.2, -0.15) is 8.42 Å². The average Bonchev–Trinajstić information content (AvgIpc) is 2.59. The quantitative estimate of drug-likeness (QED) is 0.824. The molecule has 1 heterocycles. The van der Waals surface area contributed by atoms with Crippen LogP contribution >= 0.6 is 0 Å². The molecule has 0 saturated carbocycles. The fraction of sp³-hybridized carbons (Fsp3) is 0.333. The van der Waals surface area contributed by atoms with Gasteiger partial charge in [0.1, 0.15) is 23.8 Å². The largest absolute Gasteiger partial charge is 0.487 e. The maximum Gasteiger partial charge on any atom is 0.297 e. The second kappa shape index (κ2) is 7.11. The smallest absolute Gasteiger partial charge is 0.297 e. The summed E-state index contributed by atoms with van der Waals surface area (Å²) in [6.45, 7) is 1.45. The minimum absolute atomic E-state index is 0.0377. The molecule has 25 heavy (non-hydrogen) atoms. The molecular weight excluding hydrogens is 347 g/mol. The minimum Gasteiger partial charge on any atom is -0.487 e. The third-order valence-corrected chi connectivity index (χ3v) is 5.43. The van der Waals surface area contributed by atoms with Crippen molar-refractivity contribution in [2.24, 2.45) is 0 Å². The molecule has 0 bridgehead atoms. The zero-order valence-electron chi connectivity index (χ0n) is 13.7. The summed E-state index contributed by atoms with van der Waals surface area (Å²) in [5.41, 5.74) is 1.67. The molecule has 2 atom stereocenters. The van der Waals surface area contributed by atoms with Crippen molar-refractivity contribution >= 4 is 10.1 Å². The molecule has 134 valence electrons. The number of hydrogen-bond acceptors (Lipinski definition) is 5. The summed E-state index contributed by atoms with van der Waals surface area (Å²) in [5.74, 6) is 0.159. The lowest BCUT2D eigenvalue weighted by molar-refractivity contribution is -0.00207. The number of aryl methyl sites for hydroxylation is 2. The van der Waals surface area contributed by atoms with Crippen molar-refractivity contribution in [1.82, 2.24) is 0 Å². The fourth-order valence-corrected chi connectivity index (χ4v) is 3.61. The second-order valence-corrected chi connectivity index (χ2v) is 7.68. The molecule has 0 unspecified atom stereocenters. The summed E-state index contributed by atoms with van der Waals surface area (Å²) in [6, 6.07) is 10.5. The zero-order valence-corrected chi connectivity index (χ0v) is 14.5. The topological polar surface area (TPSA) is 72.8 Å². The Morgan fingerprint density at radius 2 is 2.00 bits per heavy atom. The molecule has 1 aliphatic rings. The van der Waals surface area contributed by atoms with E-state index in [4.69, 9.17) is 8.92 Å².